The van der Waals surface area contributed by atoms with Crippen LogP contribution in [0, 0.1) is 0 Å². The Balaban J connectivity index is 1.48. The Bertz CT molecular complexity index is 964. The van der Waals surface area contributed by atoms with Crippen LogP contribution in [0.25, 0.3) is 22.0 Å². The minimum absolute atomic E-state index is 0.163. The van der Waals surface area contributed by atoms with E-state index in [0.717, 1.165) is 22.0 Å². The van der Waals surface area contributed by atoms with Crippen molar-refractivity contribution < 1.29 is 9.18 Å². The third-order valence-corrected chi connectivity index (χ3v) is 4.78. The molecule has 1 saturated heterocycles. The lowest BCUT2D eigenvalue weighted by atomic mass is 10.1. The van der Waals surface area contributed by atoms with Crippen molar-refractivity contribution >= 4 is 22.6 Å². The van der Waals surface area contributed by atoms with E-state index in [1.807, 2.05) is 42.4 Å². The van der Waals surface area contributed by atoms with Crippen LogP contribution in [-0.2, 0) is 11.8 Å². The van der Waals surface area contributed by atoms with E-state index in [1.165, 1.54) is 0 Å². The minimum atomic E-state index is -0.746. The fourth-order valence-electron chi connectivity index (χ4n) is 3.30. The first-order chi connectivity index (χ1) is 13.1. The summed E-state index contributed by atoms with van der Waals surface area (Å²) < 4.78 is 14.9. The van der Waals surface area contributed by atoms with Gasteiger partial charge in [0.15, 0.2) is 5.82 Å². The molecule has 0 unspecified atom stereocenters. The van der Waals surface area contributed by atoms with Crippen LogP contribution < -0.4 is 5.32 Å². The van der Waals surface area contributed by atoms with Gasteiger partial charge in [-0.05, 0) is 36.6 Å². The summed E-state index contributed by atoms with van der Waals surface area (Å²) >= 11 is 0. The van der Waals surface area contributed by atoms with E-state index in [9.17, 15) is 9.18 Å². The van der Waals surface area contributed by atoms with Crippen molar-refractivity contribution in [3.05, 3.63) is 36.7 Å². The van der Waals surface area contributed by atoms with Gasteiger partial charge in [-0.1, -0.05) is 6.07 Å². The zero-order valence-corrected chi connectivity index (χ0v) is 15.1. The summed E-state index contributed by atoms with van der Waals surface area (Å²) in [6.07, 6.45) is 3.98. The molecule has 1 N–H and O–H groups in total. The van der Waals surface area contributed by atoms with Crippen LogP contribution in [0.1, 0.15) is 12.8 Å². The first-order valence-electron chi connectivity index (χ1n) is 8.99. The Morgan fingerprint density at radius 3 is 2.78 bits per heavy atom. The third-order valence-electron chi connectivity index (χ3n) is 4.78. The number of carbonyl (C=O) groups is 1. The molecule has 0 saturated carbocycles. The smallest absolute Gasteiger partial charge is 0.239 e. The third kappa shape index (κ3) is 4.11. The summed E-state index contributed by atoms with van der Waals surface area (Å²) in [4.78, 5) is 14.2. The molecular weight excluding hydrogens is 347 g/mol. The molecule has 4 rings (SSSR count). The van der Waals surface area contributed by atoms with E-state index in [4.69, 9.17) is 0 Å². The van der Waals surface area contributed by atoms with Crippen molar-refractivity contribution in [3.63, 3.8) is 0 Å². The van der Waals surface area contributed by atoms with Crippen LogP contribution in [-0.4, -0.2) is 56.6 Å². The van der Waals surface area contributed by atoms with Gasteiger partial charge in [-0.25, -0.2) is 4.39 Å². The van der Waals surface area contributed by atoms with E-state index in [1.54, 1.807) is 10.9 Å². The van der Waals surface area contributed by atoms with Crippen LogP contribution in [0.3, 0.4) is 0 Å². The van der Waals surface area contributed by atoms with Gasteiger partial charge in [-0.15, -0.1) is 10.2 Å². The van der Waals surface area contributed by atoms with Gasteiger partial charge in [-0.3, -0.25) is 14.4 Å². The van der Waals surface area contributed by atoms with Crippen LogP contribution >= 0.6 is 0 Å². The number of alkyl halides is 1. The molecule has 0 spiro atoms. The average Bonchev–Trinajstić information content (AvgIpc) is 3.09. The summed E-state index contributed by atoms with van der Waals surface area (Å²) in [5.41, 5.74) is 2.79. The van der Waals surface area contributed by atoms with Crippen LogP contribution in [0.2, 0.25) is 0 Å². The van der Waals surface area contributed by atoms with Gasteiger partial charge in [0.2, 0.25) is 5.91 Å². The standard InChI is InChI=1S/C19H21FN6O/c1-25-11-15(10-21-25)13-2-3-17-14(8-13)9-18(24-23-17)22-19(27)12-26-6-4-16(20)5-7-26/h2-3,8-11,16H,4-7,12H2,1H3,(H,22,24,27). The maximum atomic E-state index is 13.2. The lowest BCUT2D eigenvalue weighted by molar-refractivity contribution is -0.117. The Hall–Kier alpha value is -2.87. The fraction of sp³-hybridized carbons (Fsp3) is 0.368. The molecular formula is C19H21FN6O. The summed E-state index contributed by atoms with van der Waals surface area (Å²) in [5, 5.41) is 16.1. The number of hydrogen-bond acceptors (Lipinski definition) is 5. The number of likely N-dealkylation sites (tertiary alicyclic amines) is 1. The predicted octanol–water partition coefficient (Wildman–Crippen LogP) is 2.40. The molecule has 140 valence electrons. The quantitative estimate of drug-likeness (QED) is 0.765. The fourth-order valence-corrected chi connectivity index (χ4v) is 3.30. The van der Waals surface area contributed by atoms with Crippen molar-refractivity contribution in [2.24, 2.45) is 7.05 Å². The molecule has 3 heterocycles. The number of benzene rings is 1. The SMILES string of the molecule is Cn1cc(-c2ccc3nnc(NC(=O)CN4CCC(F)CC4)cc3c2)cn1. The normalized spacial score (nSPS) is 15.9. The molecule has 0 atom stereocenters. The first-order valence-corrected chi connectivity index (χ1v) is 8.99. The maximum Gasteiger partial charge on any atom is 0.239 e. The molecule has 3 aromatic rings. The predicted molar refractivity (Wildman–Crippen MR) is 101 cm³/mol. The second-order valence-electron chi connectivity index (χ2n) is 6.90. The van der Waals surface area contributed by atoms with Gasteiger partial charge in [0.1, 0.15) is 6.17 Å². The summed E-state index contributed by atoms with van der Waals surface area (Å²) in [6.45, 7) is 1.45. The lowest BCUT2D eigenvalue weighted by Crippen LogP contribution is -2.39. The number of halogens is 1. The molecule has 0 bridgehead atoms. The number of rotatable bonds is 4. The molecule has 0 aliphatic carbocycles. The molecule has 7 nitrogen and oxygen atoms in total. The zero-order valence-electron chi connectivity index (χ0n) is 15.1. The molecule has 1 aromatic carbocycles. The number of anilines is 1. The van der Waals surface area contributed by atoms with Gasteiger partial charge in [0.05, 0.1) is 18.3 Å². The van der Waals surface area contributed by atoms with Gasteiger partial charge >= 0.3 is 0 Å². The number of nitrogens with one attached hydrogen (secondary N) is 1. The highest BCUT2D eigenvalue weighted by atomic mass is 19.1. The summed E-state index contributed by atoms with van der Waals surface area (Å²) in [7, 11) is 1.87. The number of hydrogen-bond donors (Lipinski definition) is 1. The molecule has 0 radical (unpaired) electrons. The van der Waals surface area contributed by atoms with E-state index in [2.05, 4.69) is 20.6 Å². The number of nitrogens with zero attached hydrogens (tertiary/aromatic N) is 5. The summed E-state index contributed by atoms with van der Waals surface area (Å²) in [6, 6.07) is 7.69. The number of carbonyl (C=O) groups excluding carboxylic acids is 1. The van der Waals surface area contributed by atoms with Gasteiger partial charge in [0.25, 0.3) is 0 Å². The molecule has 2 aromatic heterocycles. The number of amides is 1. The van der Waals surface area contributed by atoms with E-state index >= 15 is 0 Å². The Morgan fingerprint density at radius 1 is 1.22 bits per heavy atom. The number of aryl methyl sites for hydroxylation is 1. The molecule has 1 fully saturated rings. The van der Waals surface area contributed by atoms with Crippen molar-refractivity contribution in [3.8, 4) is 11.1 Å². The maximum absolute atomic E-state index is 13.2. The van der Waals surface area contributed by atoms with Crippen LogP contribution in [0.4, 0.5) is 10.2 Å². The average molecular weight is 368 g/mol. The molecule has 1 aliphatic heterocycles. The van der Waals surface area contributed by atoms with Crippen molar-refractivity contribution in [1.82, 2.24) is 24.9 Å². The molecule has 8 heteroatoms. The van der Waals surface area contributed by atoms with Gasteiger partial charge < -0.3 is 5.32 Å². The monoisotopic (exact) mass is 368 g/mol. The minimum Gasteiger partial charge on any atom is -0.308 e. The van der Waals surface area contributed by atoms with Crippen molar-refractivity contribution in [2.45, 2.75) is 19.0 Å². The summed E-state index contributed by atoms with van der Waals surface area (Å²) in [5.74, 6) is 0.251. The highest BCUT2D eigenvalue weighted by Gasteiger charge is 2.20. The van der Waals surface area contributed by atoms with E-state index < -0.39 is 6.17 Å². The second kappa shape index (κ2) is 7.40. The van der Waals surface area contributed by atoms with E-state index in [-0.39, 0.29) is 12.5 Å². The van der Waals surface area contributed by atoms with Crippen LogP contribution in [0.5, 0.6) is 0 Å². The molecule has 27 heavy (non-hydrogen) atoms. The second-order valence-corrected chi connectivity index (χ2v) is 6.90. The topological polar surface area (TPSA) is 75.9 Å². The van der Waals surface area contributed by atoms with Crippen LogP contribution in [0.15, 0.2) is 36.7 Å². The largest absolute Gasteiger partial charge is 0.308 e. The highest BCUT2D eigenvalue weighted by molar-refractivity contribution is 5.93. The number of aromatic nitrogens is 4. The van der Waals surface area contributed by atoms with Gasteiger partial charge in [0, 0.05) is 37.3 Å². The number of fused-ring (bicyclic) bond motifs is 1. The van der Waals surface area contributed by atoms with Gasteiger partial charge in [-0.2, -0.15) is 5.10 Å². The molecule has 1 aliphatic rings. The number of piperidine rings is 1. The molecule has 1 amide bonds. The van der Waals surface area contributed by atoms with E-state index in [0.29, 0.717) is 31.7 Å². The lowest BCUT2D eigenvalue weighted by Gasteiger charge is -2.27. The zero-order chi connectivity index (χ0) is 18.8. The first kappa shape index (κ1) is 17.5. The Labute approximate surface area is 156 Å². The Morgan fingerprint density at radius 2 is 2.04 bits per heavy atom. The van der Waals surface area contributed by atoms with Crippen molar-refractivity contribution in [1.29, 1.82) is 0 Å². The Kier molecular flexibility index (Phi) is 4.81. The van der Waals surface area contributed by atoms with Crippen molar-refractivity contribution in [2.75, 3.05) is 25.0 Å². The highest BCUT2D eigenvalue weighted by Crippen LogP contribution is 2.24.